The molecule has 1 aromatic heterocycles. The number of rotatable bonds is 5. The van der Waals surface area contributed by atoms with Crippen LogP contribution in [0.2, 0.25) is 0 Å². The maximum Gasteiger partial charge on any atom is 0.222 e. The molecule has 3 nitrogen and oxygen atoms in total. The molecule has 0 saturated carbocycles. The van der Waals surface area contributed by atoms with Gasteiger partial charge >= 0.3 is 0 Å². The summed E-state index contributed by atoms with van der Waals surface area (Å²) in [4.78, 5) is 8.11. The molecule has 0 aromatic carbocycles. The van der Waals surface area contributed by atoms with Gasteiger partial charge in [-0.05, 0) is 12.5 Å². The molecular formula is C9H17N3. The molecule has 1 heterocycles. The Morgan fingerprint density at radius 3 is 2.75 bits per heavy atom. The fourth-order valence-corrected chi connectivity index (χ4v) is 0.966. The minimum Gasteiger partial charge on any atom is -0.354 e. The number of nitrogens with zero attached hydrogens (tertiary/aromatic N) is 2. The average Bonchev–Trinajstić information content (AvgIpc) is 2.14. The summed E-state index contributed by atoms with van der Waals surface area (Å²) in [5.41, 5.74) is 0. The molecule has 0 radical (unpaired) electrons. The van der Waals surface area contributed by atoms with Crippen LogP contribution in [-0.2, 0) is 0 Å². The number of aromatic nitrogens is 2. The zero-order valence-corrected chi connectivity index (χ0v) is 7.45. The summed E-state index contributed by atoms with van der Waals surface area (Å²) in [7, 11) is 0. The van der Waals surface area contributed by atoms with E-state index in [0.29, 0.717) is 0 Å². The van der Waals surface area contributed by atoms with Crippen LogP contribution in [0.3, 0.4) is 0 Å². The lowest BCUT2D eigenvalue weighted by Crippen LogP contribution is -2.04. The van der Waals surface area contributed by atoms with E-state index < -0.39 is 0 Å². The molecule has 0 atom stereocenters. The number of anilines is 1. The third kappa shape index (κ3) is 3.32. The van der Waals surface area contributed by atoms with Gasteiger partial charge in [-0.3, -0.25) is 0 Å². The minimum absolute atomic E-state index is 0. The van der Waals surface area contributed by atoms with E-state index in [2.05, 4.69) is 22.2 Å². The fourth-order valence-electron chi connectivity index (χ4n) is 0.966. The summed E-state index contributed by atoms with van der Waals surface area (Å²) in [5.74, 6) is 0.730. The Labute approximate surface area is 74.7 Å². The zero-order valence-electron chi connectivity index (χ0n) is 7.45. The van der Waals surface area contributed by atoms with Crippen LogP contribution in [0.25, 0.3) is 0 Å². The summed E-state index contributed by atoms with van der Waals surface area (Å²) in [6.45, 7) is 3.16. The van der Waals surface area contributed by atoms with Crippen LogP contribution >= 0.6 is 0 Å². The van der Waals surface area contributed by atoms with Crippen molar-refractivity contribution in [3.05, 3.63) is 18.5 Å². The van der Waals surface area contributed by atoms with Gasteiger partial charge in [-0.15, -0.1) is 0 Å². The van der Waals surface area contributed by atoms with Crippen molar-refractivity contribution in [1.82, 2.24) is 9.97 Å². The van der Waals surface area contributed by atoms with E-state index in [4.69, 9.17) is 0 Å². The van der Waals surface area contributed by atoms with Crippen LogP contribution < -0.4 is 5.32 Å². The first kappa shape index (κ1) is 8.97. The summed E-state index contributed by atoms with van der Waals surface area (Å²) in [5, 5.41) is 3.16. The number of unbranched alkanes of at least 4 members (excludes halogenated alkanes) is 2. The lowest BCUT2D eigenvalue weighted by molar-refractivity contribution is 0.740. The van der Waals surface area contributed by atoms with Crippen LogP contribution in [-0.4, -0.2) is 16.5 Å². The van der Waals surface area contributed by atoms with Gasteiger partial charge < -0.3 is 5.32 Å². The van der Waals surface area contributed by atoms with Crippen molar-refractivity contribution in [1.29, 1.82) is 0 Å². The Morgan fingerprint density at radius 2 is 2.08 bits per heavy atom. The van der Waals surface area contributed by atoms with E-state index in [0.717, 1.165) is 12.5 Å². The molecular weight excluding hydrogens is 150 g/mol. The fraction of sp³-hybridized carbons (Fsp3) is 0.556. The van der Waals surface area contributed by atoms with Gasteiger partial charge in [0.15, 0.2) is 0 Å². The maximum atomic E-state index is 4.05. The molecule has 0 aliphatic heterocycles. The highest BCUT2D eigenvalue weighted by Gasteiger charge is 1.90. The first-order valence-corrected chi connectivity index (χ1v) is 4.44. The van der Waals surface area contributed by atoms with Crippen LogP contribution in [0.1, 0.15) is 27.6 Å². The van der Waals surface area contributed by atoms with Gasteiger partial charge in [0.1, 0.15) is 0 Å². The quantitative estimate of drug-likeness (QED) is 0.684. The van der Waals surface area contributed by atoms with Gasteiger partial charge in [0.2, 0.25) is 5.95 Å². The summed E-state index contributed by atoms with van der Waals surface area (Å²) in [6.07, 6.45) is 7.19. The monoisotopic (exact) mass is 167 g/mol. The van der Waals surface area contributed by atoms with Crippen molar-refractivity contribution in [2.24, 2.45) is 0 Å². The third-order valence-electron chi connectivity index (χ3n) is 1.63. The molecule has 0 aliphatic rings. The zero-order chi connectivity index (χ0) is 8.65. The number of hydrogen-bond acceptors (Lipinski definition) is 3. The van der Waals surface area contributed by atoms with Crippen molar-refractivity contribution in [3.63, 3.8) is 0 Å². The van der Waals surface area contributed by atoms with Crippen molar-refractivity contribution >= 4 is 5.95 Å². The van der Waals surface area contributed by atoms with Gasteiger partial charge in [-0.1, -0.05) is 19.8 Å². The van der Waals surface area contributed by atoms with Gasteiger partial charge in [0, 0.05) is 20.4 Å². The molecule has 0 spiro atoms. The second-order valence-corrected chi connectivity index (χ2v) is 2.71. The highest BCUT2D eigenvalue weighted by Crippen LogP contribution is 1.97. The first-order chi connectivity index (χ1) is 5.93. The van der Waals surface area contributed by atoms with E-state index in [1.54, 1.807) is 12.4 Å². The molecule has 0 aliphatic carbocycles. The molecule has 68 valence electrons. The molecule has 0 bridgehead atoms. The smallest absolute Gasteiger partial charge is 0.222 e. The highest BCUT2D eigenvalue weighted by molar-refractivity contribution is 5.21. The van der Waals surface area contributed by atoms with Gasteiger partial charge in [0.25, 0.3) is 0 Å². The molecule has 3 heteroatoms. The van der Waals surface area contributed by atoms with Crippen LogP contribution in [0.15, 0.2) is 18.5 Å². The van der Waals surface area contributed by atoms with E-state index >= 15 is 0 Å². The Morgan fingerprint density at radius 1 is 1.33 bits per heavy atom. The van der Waals surface area contributed by atoms with Crippen molar-refractivity contribution in [3.8, 4) is 0 Å². The molecule has 1 rings (SSSR count). The predicted octanol–water partition coefficient (Wildman–Crippen LogP) is 2.32. The van der Waals surface area contributed by atoms with E-state index in [-0.39, 0.29) is 1.43 Å². The predicted molar refractivity (Wildman–Crippen MR) is 52.2 cm³/mol. The SMILES string of the molecule is CCCCCNc1ncccn1.[HH]. The van der Waals surface area contributed by atoms with Crippen molar-refractivity contribution in [2.75, 3.05) is 11.9 Å². The lowest BCUT2D eigenvalue weighted by Gasteiger charge is -2.01. The number of nitrogens with one attached hydrogen (secondary N) is 1. The van der Waals surface area contributed by atoms with Crippen LogP contribution in [0.4, 0.5) is 5.95 Å². The third-order valence-corrected chi connectivity index (χ3v) is 1.63. The summed E-state index contributed by atoms with van der Waals surface area (Å²) < 4.78 is 0. The molecule has 0 fully saturated rings. The minimum atomic E-state index is 0. The summed E-state index contributed by atoms with van der Waals surface area (Å²) in [6, 6.07) is 1.82. The van der Waals surface area contributed by atoms with Crippen LogP contribution in [0, 0.1) is 0 Å². The molecule has 0 amide bonds. The van der Waals surface area contributed by atoms with Gasteiger partial charge in [-0.25, -0.2) is 9.97 Å². The standard InChI is InChI=1S/C9H15N3.H2/c1-2-3-4-6-10-9-11-7-5-8-12-9;/h5,7-8H,2-4,6H2,1H3,(H,10,11,12);1H. The Bertz CT molecular complexity index is 203. The lowest BCUT2D eigenvalue weighted by atomic mass is 10.2. The topological polar surface area (TPSA) is 37.8 Å². The van der Waals surface area contributed by atoms with E-state index in [1.807, 2.05) is 6.07 Å². The second-order valence-electron chi connectivity index (χ2n) is 2.71. The van der Waals surface area contributed by atoms with Crippen molar-refractivity contribution < 1.29 is 1.43 Å². The largest absolute Gasteiger partial charge is 0.354 e. The van der Waals surface area contributed by atoms with Gasteiger partial charge in [-0.2, -0.15) is 0 Å². The van der Waals surface area contributed by atoms with E-state index in [1.165, 1.54) is 19.3 Å². The van der Waals surface area contributed by atoms with E-state index in [9.17, 15) is 0 Å². The van der Waals surface area contributed by atoms with Gasteiger partial charge in [0.05, 0.1) is 0 Å². The highest BCUT2D eigenvalue weighted by atomic mass is 15.1. The number of hydrogen-bond donors (Lipinski definition) is 1. The van der Waals surface area contributed by atoms with Crippen molar-refractivity contribution in [2.45, 2.75) is 26.2 Å². The molecule has 1 aromatic rings. The molecule has 0 unspecified atom stereocenters. The molecule has 0 saturated heterocycles. The second kappa shape index (κ2) is 5.52. The molecule has 12 heavy (non-hydrogen) atoms. The Hall–Kier alpha value is -1.12. The Kier molecular flexibility index (Phi) is 4.13. The Balaban J connectivity index is 0.00000144. The average molecular weight is 167 g/mol. The van der Waals surface area contributed by atoms with Crippen LogP contribution in [0.5, 0.6) is 0 Å². The maximum absolute atomic E-state index is 4.05. The first-order valence-electron chi connectivity index (χ1n) is 4.44. The normalized spacial score (nSPS) is 9.75. The summed E-state index contributed by atoms with van der Waals surface area (Å²) >= 11 is 0. The molecule has 1 N–H and O–H groups in total.